The van der Waals surface area contributed by atoms with Gasteiger partial charge in [0.1, 0.15) is 5.76 Å². The lowest BCUT2D eigenvalue weighted by Crippen LogP contribution is -2.42. The van der Waals surface area contributed by atoms with Crippen LogP contribution in [0.2, 0.25) is 0 Å². The van der Waals surface area contributed by atoms with Gasteiger partial charge in [-0.15, -0.1) is 24.0 Å². The molecule has 30 heavy (non-hydrogen) atoms. The van der Waals surface area contributed by atoms with E-state index in [2.05, 4.69) is 40.4 Å². The van der Waals surface area contributed by atoms with Crippen LogP contribution < -0.4 is 15.4 Å². The van der Waals surface area contributed by atoms with E-state index in [0.29, 0.717) is 19.0 Å². The van der Waals surface area contributed by atoms with Gasteiger partial charge in [0.15, 0.2) is 5.96 Å². The highest BCUT2D eigenvalue weighted by Gasteiger charge is 2.25. The van der Waals surface area contributed by atoms with Gasteiger partial charge in [0.05, 0.1) is 25.5 Å². The van der Waals surface area contributed by atoms with Crippen molar-refractivity contribution >= 4 is 29.9 Å². The summed E-state index contributed by atoms with van der Waals surface area (Å²) < 4.78 is 11.2. The van der Waals surface area contributed by atoms with Crippen LogP contribution in [-0.4, -0.2) is 48.6 Å². The summed E-state index contributed by atoms with van der Waals surface area (Å²) in [6.45, 7) is 9.18. The minimum Gasteiger partial charge on any atom is -0.478 e. The summed E-state index contributed by atoms with van der Waals surface area (Å²) in [6, 6.07) is 8.15. The van der Waals surface area contributed by atoms with E-state index >= 15 is 0 Å². The monoisotopic (exact) mass is 527 g/mol. The molecule has 1 atom stereocenters. The number of nitrogens with one attached hydrogen (secondary N) is 2. The maximum atomic E-state index is 5.71. The highest BCUT2D eigenvalue weighted by Crippen LogP contribution is 2.24. The summed E-state index contributed by atoms with van der Waals surface area (Å²) in [7, 11) is 0. The second-order valence-corrected chi connectivity index (χ2v) is 7.20. The van der Waals surface area contributed by atoms with Gasteiger partial charge >= 0.3 is 0 Å². The summed E-state index contributed by atoms with van der Waals surface area (Å²) >= 11 is 0. The van der Waals surface area contributed by atoms with Gasteiger partial charge < -0.3 is 19.8 Å². The second-order valence-electron chi connectivity index (χ2n) is 7.20. The molecule has 1 saturated heterocycles. The van der Waals surface area contributed by atoms with Crippen LogP contribution in [0.3, 0.4) is 0 Å². The predicted octanol–water partition coefficient (Wildman–Crippen LogP) is 3.97. The molecule has 1 fully saturated rings. The molecule has 8 heteroatoms. The third-order valence-electron chi connectivity index (χ3n) is 4.93. The van der Waals surface area contributed by atoms with E-state index in [1.54, 1.807) is 6.26 Å². The fourth-order valence-electron chi connectivity index (χ4n) is 3.45. The number of aliphatic imine (C=N–C) groups is 1. The first kappa shape index (κ1) is 24.5. The maximum Gasteiger partial charge on any atom is 0.213 e. The lowest BCUT2D eigenvalue weighted by atomic mass is 10.2. The van der Waals surface area contributed by atoms with Crippen LogP contribution in [0.15, 0.2) is 46.1 Å². The van der Waals surface area contributed by atoms with Crippen molar-refractivity contribution in [2.24, 2.45) is 4.99 Å². The Morgan fingerprint density at radius 1 is 1.23 bits per heavy atom. The first-order valence-electron chi connectivity index (χ1n) is 10.7. The standard InChI is InChI=1S/C22H33N5O2.HI/c1-3-13-29-21-10-9-18(15-24-21)16-25-22(23-4-2)26-17-19(20-8-7-14-28-20)27-11-5-6-12-27;/h7-10,14-15,19H,3-6,11-13,16-17H2,1-2H3,(H2,23,25,26);1H. The highest BCUT2D eigenvalue weighted by molar-refractivity contribution is 14.0. The maximum absolute atomic E-state index is 5.71. The number of hydrogen-bond acceptors (Lipinski definition) is 5. The molecule has 3 rings (SSSR count). The molecule has 1 aliphatic rings. The molecule has 3 heterocycles. The molecule has 0 bridgehead atoms. The molecular weight excluding hydrogens is 493 g/mol. The molecule has 2 aromatic heterocycles. The molecule has 2 N–H and O–H groups in total. The van der Waals surface area contributed by atoms with E-state index in [0.717, 1.165) is 49.9 Å². The molecule has 1 aliphatic heterocycles. The van der Waals surface area contributed by atoms with Crippen molar-refractivity contribution in [2.45, 2.75) is 45.7 Å². The Morgan fingerprint density at radius 3 is 2.70 bits per heavy atom. The van der Waals surface area contributed by atoms with Gasteiger partial charge in [-0.25, -0.2) is 9.98 Å². The van der Waals surface area contributed by atoms with Crippen molar-refractivity contribution in [1.82, 2.24) is 20.5 Å². The number of nitrogens with zero attached hydrogens (tertiary/aromatic N) is 3. The summed E-state index contributed by atoms with van der Waals surface area (Å²) in [5.74, 6) is 2.47. The van der Waals surface area contributed by atoms with Crippen molar-refractivity contribution in [2.75, 3.05) is 32.8 Å². The SMILES string of the molecule is CCCOc1ccc(CN=C(NCC)NCC(c2ccco2)N2CCCC2)cn1.I. The van der Waals surface area contributed by atoms with Gasteiger partial charge in [-0.3, -0.25) is 4.90 Å². The van der Waals surface area contributed by atoms with E-state index in [-0.39, 0.29) is 30.0 Å². The highest BCUT2D eigenvalue weighted by atomic mass is 127. The average molecular weight is 527 g/mol. The zero-order chi connectivity index (χ0) is 20.3. The van der Waals surface area contributed by atoms with Crippen LogP contribution in [0.4, 0.5) is 0 Å². The first-order chi connectivity index (χ1) is 14.3. The van der Waals surface area contributed by atoms with Crippen molar-refractivity contribution in [3.63, 3.8) is 0 Å². The van der Waals surface area contributed by atoms with Gasteiger partial charge in [0.2, 0.25) is 5.88 Å². The number of rotatable bonds is 10. The normalized spacial score (nSPS) is 15.5. The van der Waals surface area contributed by atoms with E-state index < -0.39 is 0 Å². The third-order valence-corrected chi connectivity index (χ3v) is 4.93. The Hall–Kier alpha value is -1.81. The third kappa shape index (κ3) is 7.46. The molecule has 166 valence electrons. The van der Waals surface area contributed by atoms with Crippen LogP contribution in [0.1, 0.15) is 50.5 Å². The van der Waals surface area contributed by atoms with Crippen LogP contribution >= 0.6 is 24.0 Å². The van der Waals surface area contributed by atoms with Gasteiger partial charge in [-0.05, 0) is 57.0 Å². The molecule has 2 aromatic rings. The van der Waals surface area contributed by atoms with Crippen LogP contribution in [0.25, 0.3) is 0 Å². The van der Waals surface area contributed by atoms with Crippen molar-refractivity contribution in [3.8, 4) is 5.88 Å². The number of guanidine groups is 1. The molecule has 1 unspecified atom stereocenters. The van der Waals surface area contributed by atoms with E-state index in [1.807, 2.05) is 24.4 Å². The zero-order valence-electron chi connectivity index (χ0n) is 18.0. The summed E-state index contributed by atoms with van der Waals surface area (Å²) in [4.78, 5) is 11.5. The molecule has 0 amide bonds. The quantitative estimate of drug-likeness (QED) is 0.277. The minimum absolute atomic E-state index is 0. The smallest absolute Gasteiger partial charge is 0.213 e. The largest absolute Gasteiger partial charge is 0.478 e. The van der Waals surface area contributed by atoms with Crippen molar-refractivity contribution < 1.29 is 9.15 Å². The first-order valence-corrected chi connectivity index (χ1v) is 10.7. The summed E-state index contributed by atoms with van der Waals surface area (Å²) in [5.41, 5.74) is 1.05. The fourth-order valence-corrected chi connectivity index (χ4v) is 3.45. The Kier molecular flexibility index (Phi) is 11.0. The van der Waals surface area contributed by atoms with E-state index in [4.69, 9.17) is 14.1 Å². The van der Waals surface area contributed by atoms with Gasteiger partial charge in [-0.1, -0.05) is 13.0 Å². The summed E-state index contributed by atoms with van der Waals surface area (Å²) in [5, 5.41) is 6.82. The number of hydrogen-bond donors (Lipinski definition) is 2. The molecule has 0 aromatic carbocycles. The Bertz CT molecular complexity index is 730. The number of aromatic nitrogens is 1. The Balaban J connectivity index is 0.00000320. The van der Waals surface area contributed by atoms with E-state index in [9.17, 15) is 0 Å². The molecule has 0 spiro atoms. The Morgan fingerprint density at radius 2 is 2.07 bits per heavy atom. The van der Waals surface area contributed by atoms with Crippen LogP contribution in [0.5, 0.6) is 5.88 Å². The van der Waals surface area contributed by atoms with Gasteiger partial charge in [0.25, 0.3) is 0 Å². The second kappa shape index (κ2) is 13.5. The fraction of sp³-hybridized carbons (Fsp3) is 0.545. The van der Waals surface area contributed by atoms with E-state index in [1.165, 1.54) is 12.8 Å². The lowest BCUT2D eigenvalue weighted by molar-refractivity contribution is 0.215. The average Bonchev–Trinajstić information content (AvgIpc) is 3.46. The van der Waals surface area contributed by atoms with Crippen LogP contribution in [-0.2, 0) is 6.54 Å². The molecule has 0 saturated carbocycles. The van der Waals surface area contributed by atoms with Gasteiger partial charge in [-0.2, -0.15) is 0 Å². The molecule has 0 aliphatic carbocycles. The Labute approximate surface area is 196 Å². The predicted molar refractivity (Wildman–Crippen MR) is 131 cm³/mol. The lowest BCUT2D eigenvalue weighted by Gasteiger charge is -2.26. The number of halogens is 1. The minimum atomic E-state index is 0. The topological polar surface area (TPSA) is 74.9 Å². The molecule has 0 radical (unpaired) electrons. The number of pyridine rings is 1. The molecular formula is C22H34IN5O2. The number of furan rings is 1. The molecule has 7 nitrogen and oxygen atoms in total. The number of ether oxygens (including phenoxy) is 1. The van der Waals surface area contributed by atoms with Gasteiger partial charge in [0, 0.05) is 25.4 Å². The van der Waals surface area contributed by atoms with Crippen LogP contribution in [0, 0.1) is 0 Å². The summed E-state index contributed by atoms with van der Waals surface area (Å²) in [6.07, 6.45) is 7.04. The van der Waals surface area contributed by atoms with Crippen molar-refractivity contribution in [1.29, 1.82) is 0 Å². The number of likely N-dealkylation sites (tertiary alicyclic amines) is 1. The van der Waals surface area contributed by atoms with Crippen molar-refractivity contribution in [3.05, 3.63) is 48.0 Å². The zero-order valence-corrected chi connectivity index (χ0v) is 20.3.